The van der Waals surface area contributed by atoms with E-state index in [0.29, 0.717) is 16.1 Å². The number of hydrogen-bond donors (Lipinski definition) is 0. The van der Waals surface area contributed by atoms with Crippen LogP contribution >= 0.6 is 23.2 Å². The van der Waals surface area contributed by atoms with Gasteiger partial charge in [-0.3, -0.25) is 0 Å². The lowest BCUT2D eigenvalue weighted by molar-refractivity contribution is -0.156. The molecule has 2 aromatic rings. The van der Waals surface area contributed by atoms with Gasteiger partial charge in [0.2, 0.25) is 0 Å². The van der Waals surface area contributed by atoms with Gasteiger partial charge in [0, 0.05) is 5.39 Å². The van der Waals surface area contributed by atoms with Crippen molar-refractivity contribution in [3.05, 3.63) is 40.0 Å². The summed E-state index contributed by atoms with van der Waals surface area (Å²) < 4.78 is 12.1. The summed E-state index contributed by atoms with van der Waals surface area (Å²) in [5, 5.41) is 1.87. The third-order valence-corrected chi connectivity index (χ3v) is 5.78. The van der Waals surface area contributed by atoms with Crippen molar-refractivity contribution in [2.75, 3.05) is 0 Å². The molecule has 1 aromatic heterocycles. The van der Waals surface area contributed by atoms with Crippen molar-refractivity contribution in [3.8, 4) is 0 Å². The van der Waals surface area contributed by atoms with E-state index in [1.807, 2.05) is 19.9 Å². The highest BCUT2D eigenvalue weighted by Gasteiger charge is 2.48. The van der Waals surface area contributed by atoms with E-state index >= 15 is 0 Å². The van der Waals surface area contributed by atoms with E-state index in [1.165, 1.54) is 12.0 Å². The van der Waals surface area contributed by atoms with Gasteiger partial charge in [-0.25, -0.2) is 4.98 Å². The Morgan fingerprint density at radius 3 is 2.83 bits per heavy atom. The monoisotopic (exact) mass is 365 g/mol. The first-order valence-corrected chi connectivity index (χ1v) is 9.27. The van der Waals surface area contributed by atoms with E-state index in [0.717, 1.165) is 30.2 Å². The minimum Gasteiger partial charge on any atom is -0.345 e. The Morgan fingerprint density at radius 2 is 2.00 bits per heavy atom. The third kappa shape index (κ3) is 3.15. The number of hydrogen-bond acceptors (Lipinski definition) is 3. The summed E-state index contributed by atoms with van der Waals surface area (Å²) in [4.78, 5) is 4.38. The predicted molar refractivity (Wildman–Crippen MR) is 96.6 cm³/mol. The Balaban J connectivity index is 1.46. The highest BCUT2D eigenvalue weighted by atomic mass is 35.5. The highest BCUT2D eigenvalue weighted by Crippen LogP contribution is 2.43. The molecule has 0 spiro atoms. The van der Waals surface area contributed by atoms with Crippen molar-refractivity contribution in [2.45, 2.75) is 57.5 Å². The molecular formula is C19H21Cl2NO2. The first-order valence-electron chi connectivity index (χ1n) is 8.52. The van der Waals surface area contributed by atoms with Crippen molar-refractivity contribution in [3.63, 3.8) is 0 Å². The molecule has 3 atom stereocenters. The third-order valence-electron chi connectivity index (χ3n) is 5.10. The number of rotatable bonds is 3. The molecule has 5 heteroatoms. The Hall–Kier alpha value is -0.870. The molecule has 0 amide bonds. The SMILES string of the molecule is CC1(C)O[C@@H]2[C@@H](CCc3ccc4cc(Cl)c(Cl)nc4c3)CC[C@@H]2O1. The lowest BCUT2D eigenvalue weighted by atomic mass is 9.95. The van der Waals surface area contributed by atoms with Crippen LogP contribution in [0.2, 0.25) is 10.2 Å². The fraction of sp³-hybridized carbons (Fsp3) is 0.526. The first-order chi connectivity index (χ1) is 11.4. The van der Waals surface area contributed by atoms with Crippen molar-refractivity contribution < 1.29 is 9.47 Å². The summed E-state index contributed by atoms with van der Waals surface area (Å²) in [6, 6.07) is 8.19. The van der Waals surface area contributed by atoms with E-state index in [2.05, 4.69) is 23.2 Å². The second kappa shape index (κ2) is 6.14. The van der Waals surface area contributed by atoms with Crippen LogP contribution in [-0.4, -0.2) is 23.0 Å². The van der Waals surface area contributed by atoms with Gasteiger partial charge in [-0.1, -0.05) is 35.3 Å². The second-order valence-corrected chi connectivity index (χ2v) is 8.07. The van der Waals surface area contributed by atoms with E-state index in [4.69, 9.17) is 32.7 Å². The first kappa shape index (κ1) is 16.6. The molecule has 0 radical (unpaired) electrons. The van der Waals surface area contributed by atoms with Crippen LogP contribution in [0.15, 0.2) is 24.3 Å². The summed E-state index contributed by atoms with van der Waals surface area (Å²) in [5.41, 5.74) is 2.17. The number of fused-ring (bicyclic) bond motifs is 2. The number of halogens is 2. The van der Waals surface area contributed by atoms with Gasteiger partial charge < -0.3 is 9.47 Å². The number of ether oxygens (including phenoxy) is 2. The maximum Gasteiger partial charge on any atom is 0.163 e. The molecule has 1 saturated heterocycles. The molecule has 2 aliphatic rings. The minimum absolute atomic E-state index is 0.242. The molecule has 1 aliphatic carbocycles. The average Bonchev–Trinajstić information content (AvgIpc) is 3.01. The smallest absolute Gasteiger partial charge is 0.163 e. The van der Waals surface area contributed by atoms with Gasteiger partial charge in [-0.15, -0.1) is 0 Å². The van der Waals surface area contributed by atoms with Crippen LogP contribution < -0.4 is 0 Å². The zero-order chi connectivity index (χ0) is 16.9. The standard InChI is InChI=1S/C19H21Cl2NO2/c1-19(2)23-16-8-7-12(17(16)24-19)5-3-11-4-6-13-10-14(20)18(21)22-15(13)9-11/h4,6,9-10,12,16-17H,3,5,7-8H2,1-2H3/t12-,16-,17+/m0/s1. The Labute approximate surface area is 152 Å². The molecule has 1 aliphatic heterocycles. The Morgan fingerprint density at radius 1 is 1.17 bits per heavy atom. The van der Waals surface area contributed by atoms with Crippen LogP contribution in [0.25, 0.3) is 10.9 Å². The molecule has 1 saturated carbocycles. The van der Waals surface area contributed by atoms with Crippen LogP contribution in [0.4, 0.5) is 0 Å². The lowest BCUT2D eigenvalue weighted by Gasteiger charge is -2.21. The van der Waals surface area contributed by atoms with Crippen molar-refractivity contribution in [2.24, 2.45) is 5.92 Å². The summed E-state index contributed by atoms with van der Waals surface area (Å²) >= 11 is 12.1. The van der Waals surface area contributed by atoms with Gasteiger partial charge in [0.25, 0.3) is 0 Å². The van der Waals surface area contributed by atoms with Crippen molar-refractivity contribution >= 4 is 34.1 Å². The largest absolute Gasteiger partial charge is 0.345 e. The molecule has 1 aromatic carbocycles. The quantitative estimate of drug-likeness (QED) is 0.681. The molecule has 0 N–H and O–H groups in total. The number of benzene rings is 1. The highest BCUT2D eigenvalue weighted by molar-refractivity contribution is 6.41. The Kier molecular flexibility index (Phi) is 4.24. The zero-order valence-corrected chi connectivity index (χ0v) is 15.4. The average molecular weight is 366 g/mol. The Bertz CT molecular complexity index is 777. The molecule has 2 heterocycles. The maximum atomic E-state index is 6.11. The summed E-state index contributed by atoms with van der Waals surface area (Å²) in [6.07, 6.45) is 4.91. The van der Waals surface area contributed by atoms with Gasteiger partial charge in [0.1, 0.15) is 5.15 Å². The zero-order valence-electron chi connectivity index (χ0n) is 13.9. The maximum absolute atomic E-state index is 6.11. The molecule has 128 valence electrons. The number of aryl methyl sites for hydroxylation is 1. The fourth-order valence-electron chi connectivity index (χ4n) is 4.01. The molecule has 0 unspecified atom stereocenters. The minimum atomic E-state index is -0.434. The van der Waals surface area contributed by atoms with Crippen LogP contribution in [0, 0.1) is 5.92 Å². The van der Waals surface area contributed by atoms with Crippen molar-refractivity contribution in [1.82, 2.24) is 4.98 Å². The van der Waals surface area contributed by atoms with Crippen LogP contribution in [0.5, 0.6) is 0 Å². The van der Waals surface area contributed by atoms with E-state index in [9.17, 15) is 0 Å². The summed E-state index contributed by atoms with van der Waals surface area (Å²) in [7, 11) is 0. The molecule has 0 bridgehead atoms. The molecule has 4 rings (SSSR count). The van der Waals surface area contributed by atoms with Gasteiger partial charge in [-0.2, -0.15) is 0 Å². The summed E-state index contributed by atoms with van der Waals surface area (Å²) in [6.45, 7) is 4.01. The normalized spacial score (nSPS) is 28.4. The van der Waals surface area contributed by atoms with Gasteiger partial charge in [-0.05, 0) is 63.1 Å². The molecular weight excluding hydrogens is 345 g/mol. The predicted octanol–water partition coefficient (Wildman–Crippen LogP) is 5.40. The van der Waals surface area contributed by atoms with E-state index in [1.54, 1.807) is 0 Å². The fourth-order valence-corrected chi connectivity index (χ4v) is 4.31. The van der Waals surface area contributed by atoms with E-state index < -0.39 is 5.79 Å². The van der Waals surface area contributed by atoms with Crippen molar-refractivity contribution in [1.29, 1.82) is 0 Å². The van der Waals surface area contributed by atoms with E-state index in [-0.39, 0.29) is 12.2 Å². The number of nitrogens with zero attached hydrogens (tertiary/aromatic N) is 1. The molecule has 24 heavy (non-hydrogen) atoms. The van der Waals surface area contributed by atoms with Gasteiger partial charge in [0.15, 0.2) is 5.79 Å². The number of aromatic nitrogens is 1. The van der Waals surface area contributed by atoms with Crippen LogP contribution in [0.1, 0.15) is 38.7 Å². The topological polar surface area (TPSA) is 31.4 Å². The summed E-state index contributed by atoms with van der Waals surface area (Å²) in [5.74, 6) is 0.130. The lowest BCUT2D eigenvalue weighted by Crippen LogP contribution is -2.25. The second-order valence-electron chi connectivity index (χ2n) is 7.30. The molecule has 3 nitrogen and oxygen atoms in total. The van der Waals surface area contributed by atoms with Crippen LogP contribution in [-0.2, 0) is 15.9 Å². The molecule has 2 fully saturated rings. The van der Waals surface area contributed by atoms with Crippen LogP contribution in [0.3, 0.4) is 0 Å². The van der Waals surface area contributed by atoms with Gasteiger partial charge in [0.05, 0.1) is 22.7 Å². The number of pyridine rings is 1. The van der Waals surface area contributed by atoms with Gasteiger partial charge >= 0.3 is 0 Å².